The second-order valence-electron chi connectivity index (χ2n) is 7.84. The summed E-state index contributed by atoms with van der Waals surface area (Å²) >= 11 is 0. The third-order valence-corrected chi connectivity index (χ3v) is 5.49. The molecule has 2 atom stereocenters. The van der Waals surface area contributed by atoms with E-state index < -0.39 is 5.92 Å². The predicted octanol–water partition coefficient (Wildman–Crippen LogP) is 4.85. The summed E-state index contributed by atoms with van der Waals surface area (Å²) in [5, 5.41) is 12.9. The number of nitrogens with one attached hydrogen (secondary N) is 1. The highest BCUT2D eigenvalue weighted by atomic mass is 16.5. The number of benzene rings is 3. The Morgan fingerprint density at radius 2 is 1.53 bits per heavy atom. The van der Waals surface area contributed by atoms with Gasteiger partial charge in [-0.1, -0.05) is 66.7 Å². The molecule has 0 unspecified atom stereocenters. The summed E-state index contributed by atoms with van der Waals surface area (Å²) in [6.45, 7) is 1.71. The molecule has 4 rings (SSSR count). The minimum atomic E-state index is -0.598. The summed E-state index contributed by atoms with van der Waals surface area (Å²) in [5.74, 6) is 0.130. The van der Waals surface area contributed by atoms with Crippen molar-refractivity contribution in [3.05, 3.63) is 90.0 Å². The third kappa shape index (κ3) is 4.89. The van der Waals surface area contributed by atoms with Crippen LogP contribution in [0.3, 0.4) is 0 Å². The number of aliphatic hydroxyl groups excluding tert-OH is 1. The standard InChI is InChI=1S/C26H27NO3/c1-18(19-5-3-2-4-6-19)27-26(29)25(17-28)22-9-7-20(8-10-22)21-11-13-23(14-12-21)30-24-15-16-24/h2-14,18,24-25,28H,15-17H2,1H3,(H,27,29)/t18-,25-/m1/s1. The molecule has 154 valence electrons. The minimum Gasteiger partial charge on any atom is -0.490 e. The van der Waals surface area contributed by atoms with Crippen molar-refractivity contribution in [2.24, 2.45) is 0 Å². The van der Waals surface area contributed by atoms with Crippen molar-refractivity contribution in [1.82, 2.24) is 5.32 Å². The van der Waals surface area contributed by atoms with E-state index in [1.54, 1.807) is 0 Å². The number of amides is 1. The fraction of sp³-hybridized carbons (Fsp3) is 0.269. The lowest BCUT2D eigenvalue weighted by Gasteiger charge is -2.20. The Morgan fingerprint density at radius 1 is 0.933 bits per heavy atom. The highest BCUT2D eigenvalue weighted by Gasteiger charge is 2.23. The lowest BCUT2D eigenvalue weighted by molar-refractivity contribution is -0.124. The zero-order valence-electron chi connectivity index (χ0n) is 17.1. The van der Waals surface area contributed by atoms with Crippen LogP contribution in [0.1, 0.15) is 42.9 Å². The second kappa shape index (κ2) is 9.14. The zero-order chi connectivity index (χ0) is 20.9. The van der Waals surface area contributed by atoms with Crippen molar-refractivity contribution in [2.75, 3.05) is 6.61 Å². The van der Waals surface area contributed by atoms with Crippen molar-refractivity contribution in [3.63, 3.8) is 0 Å². The van der Waals surface area contributed by atoms with Crippen molar-refractivity contribution >= 4 is 5.91 Å². The van der Waals surface area contributed by atoms with Crippen LogP contribution in [0.4, 0.5) is 0 Å². The molecule has 2 N–H and O–H groups in total. The van der Waals surface area contributed by atoms with Crippen LogP contribution in [0, 0.1) is 0 Å². The van der Waals surface area contributed by atoms with E-state index in [0.29, 0.717) is 6.10 Å². The molecule has 0 spiro atoms. The van der Waals surface area contributed by atoms with Crippen LogP contribution in [-0.4, -0.2) is 23.7 Å². The highest BCUT2D eigenvalue weighted by Crippen LogP contribution is 2.29. The molecule has 1 aliphatic rings. The lowest BCUT2D eigenvalue weighted by Crippen LogP contribution is -2.33. The van der Waals surface area contributed by atoms with Crippen LogP contribution in [0.2, 0.25) is 0 Å². The van der Waals surface area contributed by atoms with Gasteiger partial charge in [0.15, 0.2) is 0 Å². The number of aliphatic hydroxyl groups is 1. The fourth-order valence-electron chi connectivity index (χ4n) is 3.49. The molecule has 1 amide bonds. The van der Waals surface area contributed by atoms with Gasteiger partial charge < -0.3 is 15.2 Å². The van der Waals surface area contributed by atoms with Crippen molar-refractivity contribution in [1.29, 1.82) is 0 Å². The molecule has 0 saturated heterocycles. The Kier molecular flexibility index (Phi) is 6.15. The molecule has 0 radical (unpaired) electrons. The number of carbonyl (C=O) groups is 1. The van der Waals surface area contributed by atoms with Crippen LogP contribution < -0.4 is 10.1 Å². The first-order chi connectivity index (χ1) is 14.6. The van der Waals surface area contributed by atoms with E-state index in [-0.39, 0.29) is 18.6 Å². The quantitative estimate of drug-likeness (QED) is 0.567. The maximum absolute atomic E-state index is 12.8. The van der Waals surface area contributed by atoms with Gasteiger partial charge in [0.1, 0.15) is 5.75 Å². The normalized spacial score (nSPS) is 15.3. The van der Waals surface area contributed by atoms with Gasteiger partial charge in [-0.15, -0.1) is 0 Å². The van der Waals surface area contributed by atoms with Crippen LogP contribution >= 0.6 is 0 Å². The Hall–Kier alpha value is -3.11. The number of carbonyl (C=O) groups excluding carboxylic acids is 1. The van der Waals surface area contributed by atoms with E-state index in [4.69, 9.17) is 4.74 Å². The Balaban J connectivity index is 1.42. The van der Waals surface area contributed by atoms with E-state index in [9.17, 15) is 9.90 Å². The smallest absolute Gasteiger partial charge is 0.230 e. The molecule has 3 aromatic carbocycles. The molecule has 1 aliphatic carbocycles. The first kappa shape index (κ1) is 20.2. The van der Waals surface area contributed by atoms with E-state index in [0.717, 1.165) is 40.8 Å². The van der Waals surface area contributed by atoms with Gasteiger partial charge in [0.25, 0.3) is 0 Å². The first-order valence-electron chi connectivity index (χ1n) is 10.5. The van der Waals surface area contributed by atoms with Crippen LogP contribution in [0.25, 0.3) is 11.1 Å². The topological polar surface area (TPSA) is 58.6 Å². The lowest BCUT2D eigenvalue weighted by atomic mass is 9.95. The fourth-order valence-corrected chi connectivity index (χ4v) is 3.49. The molecule has 4 heteroatoms. The average molecular weight is 402 g/mol. The summed E-state index contributed by atoms with van der Waals surface area (Å²) in [6.07, 6.45) is 2.68. The van der Waals surface area contributed by atoms with Crippen molar-refractivity contribution < 1.29 is 14.6 Å². The van der Waals surface area contributed by atoms with Gasteiger partial charge in [-0.25, -0.2) is 0 Å². The summed E-state index contributed by atoms with van der Waals surface area (Å²) in [5.41, 5.74) is 3.98. The molecule has 3 aromatic rings. The van der Waals surface area contributed by atoms with Gasteiger partial charge in [0.2, 0.25) is 5.91 Å². The van der Waals surface area contributed by atoms with E-state index in [1.165, 1.54) is 0 Å². The molecule has 0 aromatic heterocycles. The minimum absolute atomic E-state index is 0.122. The van der Waals surface area contributed by atoms with Crippen molar-refractivity contribution in [2.45, 2.75) is 37.8 Å². The Labute approximate surface area is 177 Å². The van der Waals surface area contributed by atoms with Gasteiger partial charge in [-0.3, -0.25) is 4.79 Å². The summed E-state index contributed by atoms with van der Waals surface area (Å²) < 4.78 is 5.80. The maximum atomic E-state index is 12.8. The van der Waals surface area contributed by atoms with Crippen molar-refractivity contribution in [3.8, 4) is 16.9 Å². The number of rotatable bonds is 8. The number of ether oxygens (including phenoxy) is 1. The molecule has 1 fully saturated rings. The number of hydrogen-bond donors (Lipinski definition) is 2. The largest absolute Gasteiger partial charge is 0.490 e. The summed E-state index contributed by atoms with van der Waals surface area (Å²) in [6, 6.07) is 25.6. The molecular weight excluding hydrogens is 374 g/mol. The summed E-state index contributed by atoms with van der Waals surface area (Å²) in [4.78, 5) is 12.8. The Bertz CT molecular complexity index is 963. The van der Waals surface area contributed by atoms with Gasteiger partial charge in [-0.2, -0.15) is 0 Å². The molecule has 30 heavy (non-hydrogen) atoms. The van der Waals surface area contributed by atoms with Crippen LogP contribution in [0.15, 0.2) is 78.9 Å². The van der Waals surface area contributed by atoms with Gasteiger partial charge in [0, 0.05) is 0 Å². The van der Waals surface area contributed by atoms with Crippen LogP contribution in [-0.2, 0) is 4.79 Å². The number of hydrogen-bond acceptors (Lipinski definition) is 3. The molecular formula is C26H27NO3. The molecule has 1 saturated carbocycles. The zero-order valence-corrected chi connectivity index (χ0v) is 17.1. The first-order valence-corrected chi connectivity index (χ1v) is 10.5. The average Bonchev–Trinajstić information content (AvgIpc) is 3.60. The molecule has 0 heterocycles. The summed E-state index contributed by atoms with van der Waals surface area (Å²) in [7, 11) is 0. The monoisotopic (exact) mass is 401 g/mol. The maximum Gasteiger partial charge on any atom is 0.230 e. The van der Waals surface area contributed by atoms with E-state index >= 15 is 0 Å². The van der Waals surface area contributed by atoms with Gasteiger partial charge in [0.05, 0.1) is 24.7 Å². The van der Waals surface area contributed by atoms with E-state index in [1.807, 2.05) is 85.8 Å². The second-order valence-corrected chi connectivity index (χ2v) is 7.84. The SMILES string of the molecule is C[C@@H](NC(=O)[C@H](CO)c1ccc(-c2ccc(OC3CC3)cc2)cc1)c1ccccc1. The predicted molar refractivity (Wildman–Crippen MR) is 118 cm³/mol. The Morgan fingerprint density at radius 3 is 2.10 bits per heavy atom. The molecule has 4 nitrogen and oxygen atoms in total. The molecule has 0 bridgehead atoms. The van der Waals surface area contributed by atoms with Gasteiger partial charge in [-0.05, 0) is 54.2 Å². The van der Waals surface area contributed by atoms with Crippen LogP contribution in [0.5, 0.6) is 5.75 Å². The highest BCUT2D eigenvalue weighted by molar-refractivity contribution is 5.84. The van der Waals surface area contributed by atoms with E-state index in [2.05, 4.69) is 5.32 Å². The third-order valence-electron chi connectivity index (χ3n) is 5.49. The molecule has 0 aliphatic heterocycles. The van der Waals surface area contributed by atoms with Gasteiger partial charge >= 0.3 is 0 Å².